The Labute approximate surface area is 115 Å². The predicted octanol–water partition coefficient (Wildman–Crippen LogP) is 2.57. The zero-order valence-electron chi connectivity index (χ0n) is 11.1. The van der Waals surface area contributed by atoms with E-state index in [2.05, 4.69) is 35.6 Å². The van der Waals surface area contributed by atoms with E-state index in [1.807, 2.05) is 30.5 Å². The molecule has 0 spiro atoms. The minimum atomic E-state index is 0.0381. The van der Waals surface area contributed by atoms with Crippen molar-refractivity contribution >= 4 is 17.2 Å². The van der Waals surface area contributed by atoms with E-state index in [1.165, 1.54) is 0 Å². The Morgan fingerprint density at radius 2 is 2.22 bits per heavy atom. The van der Waals surface area contributed by atoms with Crippen LogP contribution < -0.4 is 5.32 Å². The van der Waals surface area contributed by atoms with Crippen LogP contribution in [0.1, 0.15) is 25.6 Å². The van der Waals surface area contributed by atoms with Gasteiger partial charge in [-0.05, 0) is 25.2 Å². The molecule has 0 fully saturated rings. The molecule has 3 nitrogen and oxygen atoms in total. The number of aromatic nitrogens is 1. The lowest BCUT2D eigenvalue weighted by Crippen LogP contribution is -2.40. The van der Waals surface area contributed by atoms with Crippen molar-refractivity contribution in [3.05, 3.63) is 42.7 Å². The van der Waals surface area contributed by atoms with Crippen molar-refractivity contribution in [1.82, 2.24) is 15.2 Å². The zero-order chi connectivity index (χ0) is 13.4. The summed E-state index contributed by atoms with van der Waals surface area (Å²) in [6.45, 7) is 10.5. The summed E-state index contributed by atoms with van der Waals surface area (Å²) in [7, 11) is 0. The van der Waals surface area contributed by atoms with Crippen molar-refractivity contribution in [3.8, 4) is 0 Å². The molecule has 98 valence electrons. The van der Waals surface area contributed by atoms with Gasteiger partial charge in [0.2, 0.25) is 0 Å². The number of nitrogens with zero attached hydrogens (tertiary/aromatic N) is 2. The van der Waals surface area contributed by atoms with Crippen molar-refractivity contribution in [3.63, 3.8) is 0 Å². The van der Waals surface area contributed by atoms with E-state index in [4.69, 9.17) is 12.2 Å². The second kappa shape index (κ2) is 7.95. The molecule has 1 aromatic heterocycles. The van der Waals surface area contributed by atoms with E-state index in [0.29, 0.717) is 6.54 Å². The highest BCUT2D eigenvalue weighted by Gasteiger charge is 2.23. The molecule has 1 heterocycles. The SMILES string of the molecule is C=CCNC(=S)C(c1ccccn1)N(CC)CC. The number of likely N-dealkylation sites (N-methyl/N-ethyl adjacent to an activating group) is 1. The van der Waals surface area contributed by atoms with Crippen LogP contribution in [0.4, 0.5) is 0 Å². The summed E-state index contributed by atoms with van der Waals surface area (Å²) in [5, 5.41) is 3.21. The minimum absolute atomic E-state index is 0.0381. The monoisotopic (exact) mass is 263 g/mol. The van der Waals surface area contributed by atoms with Crippen molar-refractivity contribution < 1.29 is 0 Å². The van der Waals surface area contributed by atoms with Crippen LogP contribution >= 0.6 is 12.2 Å². The summed E-state index contributed by atoms with van der Waals surface area (Å²) in [6.07, 6.45) is 3.62. The van der Waals surface area contributed by atoms with Gasteiger partial charge in [0.25, 0.3) is 0 Å². The third kappa shape index (κ3) is 3.89. The van der Waals surface area contributed by atoms with Gasteiger partial charge >= 0.3 is 0 Å². The third-order valence-electron chi connectivity index (χ3n) is 2.81. The number of hydrogen-bond donors (Lipinski definition) is 1. The summed E-state index contributed by atoms with van der Waals surface area (Å²) < 4.78 is 0. The Balaban J connectivity index is 2.94. The first-order valence-corrected chi connectivity index (χ1v) is 6.69. The number of hydrogen-bond acceptors (Lipinski definition) is 3. The Morgan fingerprint density at radius 3 is 2.72 bits per heavy atom. The molecule has 0 radical (unpaired) electrons. The van der Waals surface area contributed by atoms with Crippen molar-refractivity contribution in [2.24, 2.45) is 0 Å². The molecule has 1 atom stereocenters. The number of rotatable bonds is 7. The van der Waals surface area contributed by atoms with Gasteiger partial charge in [-0.25, -0.2) is 0 Å². The van der Waals surface area contributed by atoms with Crippen LogP contribution in [-0.2, 0) is 0 Å². The second-order valence-electron chi connectivity index (χ2n) is 3.91. The largest absolute Gasteiger partial charge is 0.375 e. The van der Waals surface area contributed by atoms with Crippen LogP contribution in [0.25, 0.3) is 0 Å². The van der Waals surface area contributed by atoms with E-state index in [1.54, 1.807) is 0 Å². The summed E-state index contributed by atoms with van der Waals surface area (Å²) >= 11 is 5.49. The third-order valence-corrected chi connectivity index (χ3v) is 3.18. The quantitative estimate of drug-likeness (QED) is 0.604. The second-order valence-corrected chi connectivity index (χ2v) is 4.35. The molecule has 1 unspecified atom stereocenters. The fourth-order valence-corrected chi connectivity index (χ4v) is 2.24. The molecule has 0 bridgehead atoms. The lowest BCUT2D eigenvalue weighted by atomic mass is 10.1. The standard InChI is InChI=1S/C14H21N3S/c1-4-10-16-14(18)13(17(5-2)6-3)12-9-7-8-11-15-12/h4,7-9,11,13H,1,5-6,10H2,2-3H3,(H,16,18). The summed E-state index contributed by atoms with van der Waals surface area (Å²) in [4.78, 5) is 7.53. The van der Waals surface area contributed by atoms with E-state index in [9.17, 15) is 0 Å². The van der Waals surface area contributed by atoms with Crippen molar-refractivity contribution in [1.29, 1.82) is 0 Å². The highest BCUT2D eigenvalue weighted by Crippen LogP contribution is 2.19. The molecular weight excluding hydrogens is 242 g/mol. The van der Waals surface area contributed by atoms with Crippen LogP contribution in [0.5, 0.6) is 0 Å². The molecule has 1 N–H and O–H groups in total. The molecular formula is C14H21N3S. The maximum absolute atomic E-state index is 5.49. The first-order valence-electron chi connectivity index (χ1n) is 6.28. The molecule has 4 heteroatoms. The summed E-state index contributed by atoms with van der Waals surface area (Å²) in [6, 6.07) is 5.97. The van der Waals surface area contributed by atoms with Gasteiger partial charge in [-0.15, -0.1) is 6.58 Å². The molecule has 0 aliphatic carbocycles. The Bertz CT molecular complexity index is 374. The number of nitrogens with one attached hydrogen (secondary N) is 1. The average Bonchev–Trinajstić information content (AvgIpc) is 2.43. The van der Waals surface area contributed by atoms with Gasteiger partial charge in [0.1, 0.15) is 6.04 Å². The van der Waals surface area contributed by atoms with Gasteiger partial charge < -0.3 is 5.32 Å². The van der Waals surface area contributed by atoms with Gasteiger partial charge in [0.15, 0.2) is 0 Å². The maximum atomic E-state index is 5.49. The van der Waals surface area contributed by atoms with Gasteiger partial charge in [0.05, 0.1) is 10.7 Å². The molecule has 0 aromatic carbocycles. The smallest absolute Gasteiger partial charge is 0.103 e. The topological polar surface area (TPSA) is 28.2 Å². The first kappa shape index (κ1) is 14.8. The average molecular weight is 263 g/mol. The van der Waals surface area contributed by atoms with Crippen LogP contribution in [-0.4, -0.2) is 34.5 Å². The summed E-state index contributed by atoms with van der Waals surface area (Å²) in [5.74, 6) is 0. The Kier molecular flexibility index (Phi) is 6.54. The Morgan fingerprint density at radius 1 is 1.50 bits per heavy atom. The molecule has 0 amide bonds. The summed E-state index contributed by atoms with van der Waals surface area (Å²) in [5.41, 5.74) is 0.989. The fraction of sp³-hybridized carbons (Fsp3) is 0.429. The lowest BCUT2D eigenvalue weighted by molar-refractivity contribution is 0.266. The molecule has 1 aromatic rings. The Hall–Kier alpha value is -1.26. The highest BCUT2D eigenvalue weighted by atomic mass is 32.1. The zero-order valence-corrected chi connectivity index (χ0v) is 11.9. The van der Waals surface area contributed by atoms with Gasteiger partial charge in [0, 0.05) is 12.7 Å². The van der Waals surface area contributed by atoms with Crippen LogP contribution in [0.2, 0.25) is 0 Å². The minimum Gasteiger partial charge on any atom is -0.375 e. The first-order chi connectivity index (χ1) is 8.74. The highest BCUT2D eigenvalue weighted by molar-refractivity contribution is 7.80. The van der Waals surface area contributed by atoms with E-state index in [0.717, 1.165) is 23.8 Å². The fourth-order valence-electron chi connectivity index (χ4n) is 1.88. The molecule has 0 aliphatic rings. The number of pyridine rings is 1. The van der Waals surface area contributed by atoms with E-state index >= 15 is 0 Å². The van der Waals surface area contributed by atoms with Crippen molar-refractivity contribution in [2.75, 3.05) is 19.6 Å². The molecule has 0 aliphatic heterocycles. The molecule has 0 saturated carbocycles. The molecule has 0 saturated heterocycles. The van der Waals surface area contributed by atoms with E-state index in [-0.39, 0.29) is 6.04 Å². The number of thiocarbonyl (C=S) groups is 1. The molecule has 18 heavy (non-hydrogen) atoms. The lowest BCUT2D eigenvalue weighted by Gasteiger charge is -2.30. The van der Waals surface area contributed by atoms with Crippen LogP contribution in [0.15, 0.2) is 37.1 Å². The van der Waals surface area contributed by atoms with Gasteiger partial charge in [-0.2, -0.15) is 0 Å². The van der Waals surface area contributed by atoms with E-state index < -0.39 is 0 Å². The normalized spacial score (nSPS) is 12.2. The molecule has 1 rings (SSSR count). The van der Waals surface area contributed by atoms with Gasteiger partial charge in [-0.1, -0.05) is 38.2 Å². The van der Waals surface area contributed by atoms with Crippen LogP contribution in [0.3, 0.4) is 0 Å². The van der Waals surface area contributed by atoms with Crippen molar-refractivity contribution in [2.45, 2.75) is 19.9 Å². The van der Waals surface area contributed by atoms with Crippen LogP contribution in [0, 0.1) is 0 Å². The maximum Gasteiger partial charge on any atom is 0.103 e. The predicted molar refractivity (Wildman–Crippen MR) is 80.7 cm³/mol. The van der Waals surface area contributed by atoms with Gasteiger partial charge in [-0.3, -0.25) is 9.88 Å².